The van der Waals surface area contributed by atoms with Crippen molar-refractivity contribution < 1.29 is 9.90 Å². The molecule has 0 aliphatic rings. The first-order valence-corrected chi connectivity index (χ1v) is 7.39. The Kier molecular flexibility index (Phi) is 2.88. The van der Waals surface area contributed by atoms with E-state index < -0.39 is 5.97 Å². The minimum atomic E-state index is -1.06. The summed E-state index contributed by atoms with van der Waals surface area (Å²) in [5, 5.41) is 12.8. The van der Waals surface area contributed by atoms with Gasteiger partial charge in [0, 0.05) is 11.9 Å². The van der Waals surface area contributed by atoms with E-state index in [2.05, 4.69) is 25.3 Å². The van der Waals surface area contributed by atoms with Crippen molar-refractivity contribution in [3.63, 3.8) is 0 Å². The maximum absolute atomic E-state index is 11.4. The Balaban J connectivity index is 1.83. The Morgan fingerprint density at radius 2 is 2.17 bits per heavy atom. The third kappa shape index (κ3) is 2.23. The molecule has 0 saturated heterocycles. The first-order chi connectivity index (χ1) is 11.1. The van der Waals surface area contributed by atoms with Crippen LogP contribution in [0.2, 0.25) is 0 Å². The number of carboxylic acid groups (broad SMARTS) is 1. The van der Waals surface area contributed by atoms with Crippen molar-refractivity contribution >= 4 is 50.1 Å². The Morgan fingerprint density at radius 1 is 1.30 bits per heavy atom. The van der Waals surface area contributed by atoms with Gasteiger partial charge in [-0.3, -0.25) is 4.79 Å². The van der Waals surface area contributed by atoms with Crippen molar-refractivity contribution in [2.75, 3.05) is 5.32 Å². The summed E-state index contributed by atoms with van der Waals surface area (Å²) in [4.78, 5) is 36.3. The highest BCUT2D eigenvalue weighted by atomic mass is 32.1. The topological polar surface area (TPSA) is 124 Å². The lowest BCUT2D eigenvalue weighted by molar-refractivity contribution is 0.0699. The van der Waals surface area contributed by atoms with Crippen LogP contribution in [0.3, 0.4) is 0 Å². The zero-order valence-corrected chi connectivity index (χ0v) is 12.3. The molecule has 9 heteroatoms. The smallest absolute Gasteiger partial charge is 0.338 e. The number of aromatic nitrogens is 4. The second-order valence-corrected chi connectivity index (χ2v) is 5.82. The molecule has 0 unspecified atom stereocenters. The van der Waals surface area contributed by atoms with Gasteiger partial charge in [-0.2, -0.15) is 0 Å². The van der Waals surface area contributed by atoms with Gasteiger partial charge in [0.2, 0.25) is 0 Å². The molecule has 8 nitrogen and oxygen atoms in total. The van der Waals surface area contributed by atoms with E-state index in [1.54, 1.807) is 18.2 Å². The lowest BCUT2D eigenvalue weighted by Crippen LogP contribution is -1.99. The molecule has 3 heterocycles. The molecule has 0 atom stereocenters. The Morgan fingerprint density at radius 3 is 3.00 bits per heavy atom. The molecule has 0 radical (unpaired) electrons. The Bertz CT molecular complexity index is 1110. The second-order valence-electron chi connectivity index (χ2n) is 4.80. The van der Waals surface area contributed by atoms with Gasteiger partial charge in [0.1, 0.15) is 17.8 Å². The summed E-state index contributed by atoms with van der Waals surface area (Å²) in [6.45, 7) is 0. The summed E-state index contributed by atoms with van der Waals surface area (Å²) in [5.41, 5.74) is 1.99. The molecule has 1 aromatic carbocycles. The number of hydrogen-bond acceptors (Lipinski definition) is 6. The molecule has 23 heavy (non-hydrogen) atoms. The molecule has 4 N–H and O–H groups in total. The summed E-state index contributed by atoms with van der Waals surface area (Å²) < 4.78 is 0.804. The fourth-order valence-electron chi connectivity index (χ4n) is 2.39. The van der Waals surface area contributed by atoms with Gasteiger partial charge in [-0.05, 0) is 18.2 Å². The van der Waals surface area contributed by atoms with Crippen molar-refractivity contribution in [3.8, 4) is 0 Å². The highest BCUT2D eigenvalue weighted by Gasteiger charge is 2.16. The Labute approximate surface area is 131 Å². The number of benzene rings is 1. The van der Waals surface area contributed by atoms with Crippen molar-refractivity contribution in [2.24, 2.45) is 0 Å². The van der Waals surface area contributed by atoms with E-state index in [1.807, 2.05) is 0 Å². The van der Waals surface area contributed by atoms with Gasteiger partial charge in [-0.1, -0.05) is 11.3 Å². The van der Waals surface area contributed by atoms with E-state index in [1.165, 1.54) is 12.5 Å². The summed E-state index contributed by atoms with van der Waals surface area (Å²) in [5.74, 6) is -0.677. The summed E-state index contributed by atoms with van der Waals surface area (Å²) in [6.07, 6.45) is 2.73. The molecular weight excluding hydrogens is 318 g/mol. The van der Waals surface area contributed by atoms with Gasteiger partial charge in [-0.15, -0.1) is 0 Å². The Hall–Kier alpha value is -3.20. The summed E-state index contributed by atoms with van der Waals surface area (Å²) >= 11 is 1.11. The van der Waals surface area contributed by atoms with Gasteiger partial charge in [0.05, 0.1) is 21.2 Å². The fraction of sp³-hybridized carbons (Fsp3) is 0. The van der Waals surface area contributed by atoms with Gasteiger partial charge in [0.15, 0.2) is 0 Å². The number of nitrogens with one attached hydrogen (secondary N) is 3. The zero-order chi connectivity index (χ0) is 16.0. The molecule has 114 valence electrons. The predicted molar refractivity (Wildman–Crippen MR) is 86.6 cm³/mol. The van der Waals surface area contributed by atoms with E-state index in [4.69, 9.17) is 0 Å². The molecule has 0 spiro atoms. The third-order valence-corrected chi connectivity index (χ3v) is 4.23. The fourth-order valence-corrected chi connectivity index (χ4v) is 3.16. The van der Waals surface area contributed by atoms with Crippen LogP contribution in [0.4, 0.5) is 11.5 Å². The average Bonchev–Trinajstić information content (AvgIpc) is 3.09. The molecule has 0 aliphatic heterocycles. The van der Waals surface area contributed by atoms with Crippen molar-refractivity contribution in [1.82, 2.24) is 19.9 Å². The zero-order valence-electron chi connectivity index (χ0n) is 11.5. The molecule has 0 aliphatic carbocycles. The van der Waals surface area contributed by atoms with Gasteiger partial charge < -0.3 is 20.4 Å². The highest BCUT2D eigenvalue weighted by molar-refractivity contribution is 7.16. The van der Waals surface area contributed by atoms with Crippen LogP contribution in [0, 0.1) is 0 Å². The number of carboxylic acids is 1. The minimum Gasteiger partial charge on any atom is -0.478 e. The molecular formula is C14H9N5O3S. The maximum atomic E-state index is 11.4. The number of rotatable bonds is 3. The third-order valence-electron chi connectivity index (χ3n) is 3.38. The molecule has 4 aromatic rings. The molecule has 0 fully saturated rings. The van der Waals surface area contributed by atoms with E-state index in [0.29, 0.717) is 22.5 Å². The number of aromatic carboxylic acids is 1. The molecule has 4 rings (SSSR count). The first-order valence-electron chi connectivity index (χ1n) is 6.57. The number of aromatic amines is 2. The first kappa shape index (κ1) is 13.5. The van der Waals surface area contributed by atoms with Gasteiger partial charge in [0.25, 0.3) is 0 Å². The van der Waals surface area contributed by atoms with E-state index in [-0.39, 0.29) is 10.4 Å². The van der Waals surface area contributed by atoms with Crippen LogP contribution < -0.4 is 10.2 Å². The van der Waals surface area contributed by atoms with Crippen molar-refractivity contribution in [3.05, 3.63) is 46.0 Å². The number of hydrogen-bond donors (Lipinski definition) is 4. The van der Waals surface area contributed by atoms with E-state index in [0.717, 1.165) is 21.6 Å². The number of H-pyrrole nitrogens is 2. The van der Waals surface area contributed by atoms with Crippen LogP contribution in [-0.4, -0.2) is 31.0 Å². The lowest BCUT2D eigenvalue weighted by atomic mass is 10.2. The quantitative estimate of drug-likeness (QED) is 0.458. The lowest BCUT2D eigenvalue weighted by Gasteiger charge is -2.07. The summed E-state index contributed by atoms with van der Waals surface area (Å²) in [6, 6.07) is 5.37. The number of anilines is 2. The largest absolute Gasteiger partial charge is 0.478 e. The molecule has 0 saturated carbocycles. The van der Waals surface area contributed by atoms with Crippen LogP contribution in [0.25, 0.3) is 21.3 Å². The van der Waals surface area contributed by atoms with Crippen LogP contribution in [0.5, 0.6) is 0 Å². The normalized spacial score (nSPS) is 11.1. The molecule has 0 bridgehead atoms. The van der Waals surface area contributed by atoms with Crippen LogP contribution >= 0.6 is 11.3 Å². The van der Waals surface area contributed by atoms with Crippen molar-refractivity contribution in [2.45, 2.75) is 0 Å². The highest BCUT2D eigenvalue weighted by Crippen LogP contribution is 2.27. The molecule has 0 amide bonds. The van der Waals surface area contributed by atoms with Gasteiger partial charge >= 0.3 is 10.8 Å². The van der Waals surface area contributed by atoms with Crippen molar-refractivity contribution in [1.29, 1.82) is 0 Å². The maximum Gasteiger partial charge on any atom is 0.338 e. The van der Waals surface area contributed by atoms with Crippen LogP contribution in [-0.2, 0) is 0 Å². The van der Waals surface area contributed by atoms with Crippen LogP contribution in [0.1, 0.15) is 10.4 Å². The SMILES string of the molecule is O=C(O)c1c[nH]c2ncnc(Nc3ccc4[nH]c(=O)sc4c3)c12. The minimum absolute atomic E-state index is 0.0930. The molecule has 3 aromatic heterocycles. The number of thiazole rings is 1. The van der Waals surface area contributed by atoms with E-state index in [9.17, 15) is 14.7 Å². The number of nitrogens with zero attached hydrogens (tertiary/aromatic N) is 2. The summed E-state index contributed by atoms with van der Waals surface area (Å²) in [7, 11) is 0. The average molecular weight is 327 g/mol. The number of carbonyl (C=O) groups is 1. The number of fused-ring (bicyclic) bond motifs is 2. The van der Waals surface area contributed by atoms with Crippen LogP contribution in [0.15, 0.2) is 35.5 Å². The monoisotopic (exact) mass is 327 g/mol. The second kappa shape index (κ2) is 4.92. The van der Waals surface area contributed by atoms with Gasteiger partial charge in [-0.25, -0.2) is 14.8 Å². The standard InChI is InChI=1S/C14H9N5O3S/c20-13(21)7-4-15-11-10(7)12(17-5-16-11)18-6-1-2-8-9(3-6)23-14(22)19-8/h1-5H,(H,19,22)(H,20,21)(H2,15,16,17,18). The van der Waals surface area contributed by atoms with E-state index >= 15 is 0 Å². The predicted octanol–water partition coefficient (Wildman–Crippen LogP) is 2.30.